The average Bonchev–Trinajstić information content (AvgIpc) is 2.15. The van der Waals surface area contributed by atoms with Gasteiger partial charge in [0.05, 0.1) is 0 Å². The Morgan fingerprint density at radius 2 is 1.71 bits per heavy atom. The Kier molecular flexibility index (Phi) is 3.72. The van der Waals surface area contributed by atoms with Gasteiger partial charge in [-0.1, -0.05) is 0 Å². The molecule has 1 aromatic carbocycles. The summed E-state index contributed by atoms with van der Waals surface area (Å²) in [5, 5.41) is 10.4. The second-order valence-electron chi connectivity index (χ2n) is 3.28. The molecule has 0 bridgehead atoms. The summed E-state index contributed by atoms with van der Waals surface area (Å²) in [7, 11) is 0. The molecule has 0 fully saturated rings. The van der Waals surface area contributed by atoms with Crippen LogP contribution in [0.1, 0.15) is 17.3 Å². The van der Waals surface area contributed by atoms with Crippen LogP contribution in [0.2, 0.25) is 0 Å². The van der Waals surface area contributed by atoms with Gasteiger partial charge in [-0.3, -0.25) is 9.59 Å². The number of rotatable bonds is 3. The van der Waals surface area contributed by atoms with Crippen LogP contribution in [0.15, 0.2) is 12.1 Å². The molecule has 7 heteroatoms. The molecule has 92 valence electrons. The monoisotopic (exact) mass is 247 g/mol. The maximum atomic E-state index is 13.1. The Labute approximate surface area is 94.1 Å². The quantitative estimate of drug-likeness (QED) is 0.846. The summed E-state index contributed by atoms with van der Waals surface area (Å²) in [6.45, 7) is 1.12. The third kappa shape index (κ3) is 2.96. The summed E-state index contributed by atoms with van der Waals surface area (Å²) in [5.74, 6) is -6.56. The minimum Gasteiger partial charge on any atom is -0.480 e. The summed E-state index contributed by atoms with van der Waals surface area (Å²) in [6.07, 6.45) is 0. The average molecular weight is 247 g/mol. The van der Waals surface area contributed by atoms with E-state index in [9.17, 15) is 22.8 Å². The minimum absolute atomic E-state index is 0.337. The number of benzene rings is 1. The molecule has 0 saturated carbocycles. The molecular formula is C10H8F3NO3. The second kappa shape index (κ2) is 4.86. The summed E-state index contributed by atoms with van der Waals surface area (Å²) < 4.78 is 38.8. The van der Waals surface area contributed by atoms with Crippen LogP contribution in [0.4, 0.5) is 13.2 Å². The second-order valence-corrected chi connectivity index (χ2v) is 3.28. The fraction of sp³-hybridized carbons (Fsp3) is 0.200. The lowest BCUT2D eigenvalue weighted by Gasteiger charge is -2.10. The smallest absolute Gasteiger partial charge is 0.325 e. The number of halogens is 3. The maximum absolute atomic E-state index is 13.1. The molecule has 1 atom stereocenters. The molecule has 0 aliphatic rings. The van der Waals surface area contributed by atoms with Gasteiger partial charge < -0.3 is 10.4 Å². The molecule has 0 aliphatic carbocycles. The van der Waals surface area contributed by atoms with Crippen LogP contribution in [-0.2, 0) is 4.79 Å². The van der Waals surface area contributed by atoms with Gasteiger partial charge in [-0.2, -0.15) is 0 Å². The van der Waals surface area contributed by atoms with Crippen molar-refractivity contribution in [2.24, 2.45) is 0 Å². The highest BCUT2D eigenvalue weighted by atomic mass is 19.1. The van der Waals surface area contributed by atoms with E-state index in [0.717, 1.165) is 6.92 Å². The number of hydrogen-bond acceptors (Lipinski definition) is 2. The molecule has 1 rings (SSSR count). The van der Waals surface area contributed by atoms with Crippen LogP contribution in [0.25, 0.3) is 0 Å². The molecule has 0 aliphatic heterocycles. The zero-order valence-electron chi connectivity index (χ0n) is 8.63. The van der Waals surface area contributed by atoms with Crippen LogP contribution >= 0.6 is 0 Å². The Morgan fingerprint density at radius 1 is 1.24 bits per heavy atom. The molecule has 1 unspecified atom stereocenters. The lowest BCUT2D eigenvalue weighted by Crippen LogP contribution is -2.39. The molecule has 1 amide bonds. The predicted octanol–water partition coefficient (Wildman–Crippen LogP) is 1.31. The number of carbonyl (C=O) groups is 2. The number of amides is 1. The van der Waals surface area contributed by atoms with Crippen molar-refractivity contribution in [2.75, 3.05) is 0 Å². The third-order valence-corrected chi connectivity index (χ3v) is 1.95. The molecule has 0 spiro atoms. The highest BCUT2D eigenvalue weighted by molar-refractivity contribution is 5.96. The summed E-state index contributed by atoms with van der Waals surface area (Å²) in [5.41, 5.74) is -1.01. The summed E-state index contributed by atoms with van der Waals surface area (Å²) >= 11 is 0. The molecule has 17 heavy (non-hydrogen) atoms. The first-order valence-electron chi connectivity index (χ1n) is 4.51. The van der Waals surface area contributed by atoms with Crippen molar-refractivity contribution in [3.8, 4) is 0 Å². The van der Waals surface area contributed by atoms with Gasteiger partial charge in [0.25, 0.3) is 5.91 Å². The van der Waals surface area contributed by atoms with E-state index in [2.05, 4.69) is 0 Å². The van der Waals surface area contributed by atoms with Crippen molar-refractivity contribution in [3.05, 3.63) is 35.1 Å². The zero-order valence-corrected chi connectivity index (χ0v) is 8.63. The Bertz CT molecular complexity index is 453. The Morgan fingerprint density at radius 3 is 2.12 bits per heavy atom. The molecular weight excluding hydrogens is 239 g/mol. The molecule has 0 saturated heterocycles. The van der Waals surface area contributed by atoms with E-state index in [0.29, 0.717) is 12.1 Å². The van der Waals surface area contributed by atoms with Crippen molar-refractivity contribution < 1.29 is 27.9 Å². The van der Waals surface area contributed by atoms with Crippen molar-refractivity contribution in [2.45, 2.75) is 13.0 Å². The van der Waals surface area contributed by atoms with E-state index >= 15 is 0 Å². The van der Waals surface area contributed by atoms with Crippen LogP contribution < -0.4 is 5.32 Å². The normalized spacial score (nSPS) is 12.0. The molecule has 2 N–H and O–H groups in total. The van der Waals surface area contributed by atoms with Crippen LogP contribution in [-0.4, -0.2) is 23.0 Å². The van der Waals surface area contributed by atoms with Crippen molar-refractivity contribution in [3.63, 3.8) is 0 Å². The van der Waals surface area contributed by atoms with Gasteiger partial charge in [0.1, 0.15) is 29.1 Å². The van der Waals surface area contributed by atoms with Crippen molar-refractivity contribution >= 4 is 11.9 Å². The lowest BCUT2D eigenvalue weighted by atomic mass is 10.1. The van der Waals surface area contributed by atoms with Crippen molar-refractivity contribution in [1.29, 1.82) is 0 Å². The zero-order chi connectivity index (χ0) is 13.2. The summed E-state index contributed by atoms with van der Waals surface area (Å²) in [4.78, 5) is 21.8. The van der Waals surface area contributed by atoms with Crippen LogP contribution in [0.3, 0.4) is 0 Å². The molecule has 1 aromatic rings. The highest BCUT2D eigenvalue weighted by Gasteiger charge is 2.22. The van der Waals surface area contributed by atoms with Gasteiger partial charge in [-0.05, 0) is 6.92 Å². The van der Waals surface area contributed by atoms with Crippen LogP contribution in [0, 0.1) is 17.5 Å². The predicted molar refractivity (Wildman–Crippen MR) is 50.9 cm³/mol. The fourth-order valence-corrected chi connectivity index (χ4v) is 1.09. The van der Waals surface area contributed by atoms with Gasteiger partial charge in [0.15, 0.2) is 0 Å². The number of carbonyl (C=O) groups excluding carboxylic acids is 1. The van der Waals surface area contributed by atoms with Gasteiger partial charge in [-0.15, -0.1) is 0 Å². The van der Waals surface area contributed by atoms with Gasteiger partial charge in [0.2, 0.25) is 0 Å². The number of carboxylic acids is 1. The molecule has 0 heterocycles. The Balaban J connectivity index is 3.01. The van der Waals surface area contributed by atoms with E-state index in [-0.39, 0.29) is 0 Å². The van der Waals surface area contributed by atoms with Gasteiger partial charge in [0, 0.05) is 12.1 Å². The minimum atomic E-state index is -1.39. The largest absolute Gasteiger partial charge is 0.480 e. The fourth-order valence-electron chi connectivity index (χ4n) is 1.09. The highest BCUT2D eigenvalue weighted by Crippen LogP contribution is 2.14. The number of carboxylic acid groups (broad SMARTS) is 1. The SMILES string of the molecule is CC(NC(=O)c1c(F)cc(F)cc1F)C(=O)O. The number of hydrogen-bond donors (Lipinski definition) is 2. The van der Waals surface area contributed by atoms with Crippen LogP contribution in [0.5, 0.6) is 0 Å². The first-order chi connectivity index (χ1) is 7.82. The first-order valence-corrected chi connectivity index (χ1v) is 4.51. The maximum Gasteiger partial charge on any atom is 0.325 e. The van der Waals surface area contributed by atoms with E-state index in [1.807, 2.05) is 5.32 Å². The number of nitrogens with one attached hydrogen (secondary N) is 1. The van der Waals surface area contributed by atoms with E-state index in [4.69, 9.17) is 5.11 Å². The standard InChI is InChI=1S/C10H8F3NO3/c1-4(10(16)17)14-9(15)8-6(12)2-5(11)3-7(8)13/h2-4H,1H3,(H,14,15)(H,16,17). The molecule has 0 aromatic heterocycles. The van der Waals surface area contributed by atoms with E-state index in [1.54, 1.807) is 0 Å². The van der Waals surface area contributed by atoms with Crippen molar-refractivity contribution in [1.82, 2.24) is 5.32 Å². The number of aliphatic carboxylic acids is 1. The van der Waals surface area contributed by atoms with E-state index < -0.39 is 40.9 Å². The summed E-state index contributed by atoms with van der Waals surface area (Å²) in [6, 6.07) is -0.640. The van der Waals surface area contributed by atoms with Gasteiger partial charge in [-0.25, -0.2) is 13.2 Å². The molecule has 4 nitrogen and oxygen atoms in total. The first kappa shape index (κ1) is 13.0. The van der Waals surface area contributed by atoms with Gasteiger partial charge >= 0.3 is 5.97 Å². The molecule has 0 radical (unpaired) electrons. The van der Waals surface area contributed by atoms with E-state index in [1.165, 1.54) is 0 Å². The topological polar surface area (TPSA) is 66.4 Å². The lowest BCUT2D eigenvalue weighted by molar-refractivity contribution is -0.138. The third-order valence-electron chi connectivity index (χ3n) is 1.95. The Hall–Kier alpha value is -2.05.